The summed E-state index contributed by atoms with van der Waals surface area (Å²) < 4.78 is 10.4. The molecule has 0 aliphatic rings. The van der Waals surface area contributed by atoms with E-state index in [1.165, 1.54) is 30.2 Å². The van der Waals surface area contributed by atoms with Crippen LogP contribution < -0.4 is 20.1 Å². The maximum atomic E-state index is 12.3. The summed E-state index contributed by atoms with van der Waals surface area (Å²) in [5.41, 5.74) is 0.523. The number of nitrogens with one attached hydrogen (secondary N) is 2. The van der Waals surface area contributed by atoms with E-state index < -0.39 is 0 Å². The first-order chi connectivity index (χ1) is 14.1. The van der Waals surface area contributed by atoms with Gasteiger partial charge in [0.2, 0.25) is 5.91 Å². The highest BCUT2D eigenvalue weighted by molar-refractivity contribution is 7.99. The molecular weight excluding hydrogens is 412 g/mol. The SMILES string of the molecule is COc1ccc(OC)c(NC(=O)CSc2ccc(NC(=O)c3cccs3)nn2)c1. The van der Waals surface area contributed by atoms with E-state index in [9.17, 15) is 9.59 Å². The van der Waals surface area contributed by atoms with E-state index in [0.29, 0.717) is 32.9 Å². The number of thioether (sulfide) groups is 1. The summed E-state index contributed by atoms with van der Waals surface area (Å²) in [6.45, 7) is 0. The summed E-state index contributed by atoms with van der Waals surface area (Å²) in [6, 6.07) is 12.0. The van der Waals surface area contributed by atoms with Gasteiger partial charge in [0.05, 0.1) is 30.5 Å². The zero-order chi connectivity index (χ0) is 20.6. The standard InChI is InChI=1S/C19H18N4O4S2/c1-26-12-5-6-14(27-2)13(10-12)20-17(24)11-29-18-8-7-16(22-23-18)21-19(25)15-4-3-9-28-15/h3-10H,11H2,1-2H3,(H,20,24)(H,21,22,25). The Hall–Kier alpha value is -3.11. The molecule has 10 heteroatoms. The number of hydrogen-bond acceptors (Lipinski definition) is 8. The van der Waals surface area contributed by atoms with Crippen LogP contribution in [0.4, 0.5) is 11.5 Å². The normalized spacial score (nSPS) is 10.3. The molecule has 2 heterocycles. The summed E-state index contributed by atoms with van der Waals surface area (Å²) in [7, 11) is 3.08. The van der Waals surface area contributed by atoms with Gasteiger partial charge in [-0.15, -0.1) is 21.5 Å². The first kappa shape index (κ1) is 20.6. The number of methoxy groups -OCH3 is 2. The maximum Gasteiger partial charge on any atom is 0.266 e. The molecule has 3 rings (SSSR count). The van der Waals surface area contributed by atoms with Crippen LogP contribution in [-0.4, -0.2) is 42.0 Å². The number of benzene rings is 1. The van der Waals surface area contributed by atoms with Gasteiger partial charge in [0.1, 0.15) is 16.5 Å². The van der Waals surface area contributed by atoms with Crippen LogP contribution in [0.3, 0.4) is 0 Å². The summed E-state index contributed by atoms with van der Waals surface area (Å²) >= 11 is 2.57. The molecule has 8 nitrogen and oxygen atoms in total. The molecule has 2 N–H and O–H groups in total. The number of rotatable bonds is 8. The number of carbonyl (C=O) groups is 2. The molecule has 0 radical (unpaired) electrons. The summed E-state index contributed by atoms with van der Waals surface area (Å²) in [4.78, 5) is 24.9. The van der Waals surface area contributed by atoms with Crippen molar-refractivity contribution in [2.24, 2.45) is 0 Å². The first-order valence-corrected chi connectivity index (χ1v) is 10.3. The van der Waals surface area contributed by atoms with E-state index in [1.807, 2.05) is 5.38 Å². The molecule has 2 aromatic heterocycles. The third-order valence-electron chi connectivity index (χ3n) is 3.66. The number of hydrogen-bond donors (Lipinski definition) is 2. The van der Waals surface area contributed by atoms with Crippen molar-refractivity contribution in [2.75, 3.05) is 30.6 Å². The van der Waals surface area contributed by atoms with Crippen LogP contribution in [0, 0.1) is 0 Å². The number of carbonyl (C=O) groups excluding carboxylic acids is 2. The summed E-state index contributed by atoms with van der Waals surface area (Å²) in [6.07, 6.45) is 0. The lowest BCUT2D eigenvalue weighted by Crippen LogP contribution is -2.15. The van der Waals surface area contributed by atoms with Crippen molar-refractivity contribution in [1.29, 1.82) is 0 Å². The molecule has 0 aliphatic carbocycles. The Labute approximate surface area is 175 Å². The van der Waals surface area contributed by atoms with Crippen LogP contribution in [-0.2, 0) is 4.79 Å². The topological polar surface area (TPSA) is 102 Å². The zero-order valence-electron chi connectivity index (χ0n) is 15.7. The molecule has 150 valence electrons. The Morgan fingerprint density at radius 2 is 1.93 bits per heavy atom. The molecule has 0 saturated carbocycles. The third kappa shape index (κ3) is 5.69. The van der Waals surface area contributed by atoms with Gasteiger partial charge in [0.15, 0.2) is 5.82 Å². The van der Waals surface area contributed by atoms with E-state index >= 15 is 0 Å². The van der Waals surface area contributed by atoms with Gasteiger partial charge in [-0.3, -0.25) is 9.59 Å². The average molecular weight is 431 g/mol. The van der Waals surface area contributed by atoms with Gasteiger partial charge in [-0.2, -0.15) is 0 Å². The molecule has 0 fully saturated rings. The van der Waals surface area contributed by atoms with Crippen molar-refractivity contribution in [3.05, 3.63) is 52.7 Å². The fourth-order valence-electron chi connectivity index (χ4n) is 2.29. The number of ether oxygens (including phenoxy) is 2. The van der Waals surface area contributed by atoms with E-state index in [4.69, 9.17) is 9.47 Å². The maximum absolute atomic E-state index is 12.3. The van der Waals surface area contributed by atoms with Crippen LogP contribution >= 0.6 is 23.1 Å². The lowest BCUT2D eigenvalue weighted by Gasteiger charge is -2.11. The van der Waals surface area contributed by atoms with Crippen LogP contribution in [0.25, 0.3) is 0 Å². The van der Waals surface area contributed by atoms with Gasteiger partial charge in [0, 0.05) is 6.07 Å². The largest absolute Gasteiger partial charge is 0.497 e. The van der Waals surface area contributed by atoms with Gasteiger partial charge >= 0.3 is 0 Å². The summed E-state index contributed by atoms with van der Waals surface area (Å²) in [5.74, 6) is 1.17. The summed E-state index contributed by atoms with van der Waals surface area (Å²) in [5, 5.41) is 15.9. The number of nitrogens with zero attached hydrogens (tertiary/aromatic N) is 2. The molecule has 0 bridgehead atoms. The minimum Gasteiger partial charge on any atom is -0.497 e. The molecule has 0 aliphatic heterocycles. The average Bonchev–Trinajstić information content (AvgIpc) is 3.28. The minimum absolute atomic E-state index is 0.135. The van der Waals surface area contributed by atoms with Crippen molar-refractivity contribution in [1.82, 2.24) is 10.2 Å². The molecule has 0 unspecified atom stereocenters. The third-order valence-corrected chi connectivity index (χ3v) is 5.45. The smallest absolute Gasteiger partial charge is 0.266 e. The fourth-order valence-corrected chi connectivity index (χ4v) is 3.52. The predicted molar refractivity (Wildman–Crippen MR) is 113 cm³/mol. The highest BCUT2D eigenvalue weighted by Gasteiger charge is 2.11. The van der Waals surface area contributed by atoms with Crippen molar-refractivity contribution >= 4 is 46.4 Å². The van der Waals surface area contributed by atoms with Crippen LogP contribution in [0.15, 0.2) is 52.9 Å². The Balaban J connectivity index is 1.53. The number of thiophene rings is 1. The van der Waals surface area contributed by atoms with Crippen molar-refractivity contribution in [3.63, 3.8) is 0 Å². The Morgan fingerprint density at radius 3 is 2.59 bits per heavy atom. The molecular formula is C19H18N4O4S2. The first-order valence-electron chi connectivity index (χ1n) is 8.42. The second-order valence-electron chi connectivity index (χ2n) is 5.59. The van der Waals surface area contributed by atoms with Crippen molar-refractivity contribution in [2.45, 2.75) is 5.03 Å². The Bertz CT molecular complexity index is 978. The predicted octanol–water partition coefficient (Wildman–Crippen LogP) is 3.54. The van der Waals surface area contributed by atoms with Gasteiger partial charge in [-0.1, -0.05) is 17.8 Å². The van der Waals surface area contributed by atoms with Crippen LogP contribution in [0.5, 0.6) is 11.5 Å². The monoisotopic (exact) mass is 430 g/mol. The van der Waals surface area contributed by atoms with E-state index in [2.05, 4.69) is 20.8 Å². The quantitative estimate of drug-likeness (QED) is 0.527. The lowest BCUT2D eigenvalue weighted by molar-refractivity contribution is -0.113. The minimum atomic E-state index is -0.235. The highest BCUT2D eigenvalue weighted by Crippen LogP contribution is 2.29. The lowest BCUT2D eigenvalue weighted by atomic mass is 10.2. The highest BCUT2D eigenvalue weighted by atomic mass is 32.2. The molecule has 3 aromatic rings. The van der Waals surface area contributed by atoms with E-state index in [1.54, 1.807) is 49.6 Å². The Morgan fingerprint density at radius 1 is 1.07 bits per heavy atom. The second-order valence-corrected chi connectivity index (χ2v) is 7.53. The molecule has 0 saturated heterocycles. The Kier molecular flexibility index (Phi) is 7.04. The number of anilines is 2. The number of amides is 2. The van der Waals surface area contributed by atoms with Gasteiger partial charge in [-0.25, -0.2) is 0 Å². The fraction of sp³-hybridized carbons (Fsp3) is 0.158. The molecule has 29 heavy (non-hydrogen) atoms. The molecule has 0 atom stereocenters. The van der Waals surface area contributed by atoms with Gasteiger partial charge in [-0.05, 0) is 35.7 Å². The molecule has 1 aromatic carbocycles. The molecule has 2 amide bonds. The zero-order valence-corrected chi connectivity index (χ0v) is 17.3. The van der Waals surface area contributed by atoms with Gasteiger partial charge in [0.25, 0.3) is 5.91 Å². The van der Waals surface area contributed by atoms with Crippen molar-refractivity contribution in [3.8, 4) is 11.5 Å². The van der Waals surface area contributed by atoms with E-state index in [-0.39, 0.29) is 17.6 Å². The van der Waals surface area contributed by atoms with Gasteiger partial charge < -0.3 is 20.1 Å². The second kappa shape index (κ2) is 9.89. The van der Waals surface area contributed by atoms with Crippen molar-refractivity contribution < 1.29 is 19.1 Å². The van der Waals surface area contributed by atoms with Crippen LogP contribution in [0.2, 0.25) is 0 Å². The van der Waals surface area contributed by atoms with Crippen LogP contribution in [0.1, 0.15) is 9.67 Å². The van der Waals surface area contributed by atoms with E-state index in [0.717, 1.165) is 0 Å². The molecule has 0 spiro atoms. The number of aromatic nitrogens is 2.